The molecular formula is C14H17N3O2. The quantitative estimate of drug-likeness (QED) is 0.657. The van der Waals surface area contributed by atoms with Crippen LogP contribution >= 0.6 is 0 Å². The molecule has 5 nitrogen and oxygen atoms in total. The number of hydrogen-bond donors (Lipinski definition) is 1. The highest BCUT2D eigenvalue weighted by atomic mass is 16.5. The summed E-state index contributed by atoms with van der Waals surface area (Å²) in [6, 6.07) is 7.73. The largest absolute Gasteiger partial charge is 0.462 e. The van der Waals surface area contributed by atoms with Crippen molar-refractivity contribution in [2.24, 2.45) is 0 Å². The van der Waals surface area contributed by atoms with Gasteiger partial charge in [-0.05, 0) is 25.0 Å². The van der Waals surface area contributed by atoms with Gasteiger partial charge in [0.1, 0.15) is 0 Å². The van der Waals surface area contributed by atoms with Gasteiger partial charge < -0.3 is 10.5 Å². The third-order valence-electron chi connectivity index (χ3n) is 2.81. The highest BCUT2D eigenvalue weighted by Gasteiger charge is 2.09. The van der Waals surface area contributed by atoms with Crippen LogP contribution in [0.5, 0.6) is 0 Å². The zero-order chi connectivity index (χ0) is 13.7. The molecule has 19 heavy (non-hydrogen) atoms. The number of rotatable bonds is 5. The molecule has 100 valence electrons. The standard InChI is InChI=1S/C14H17N3O2/c1-2-19-14(18)12-9-16-17(10-12)8-7-11-5-3-4-6-13(11)15/h3-6,9-10H,2,7-8,15H2,1H3. The van der Waals surface area contributed by atoms with Crippen LogP contribution in [0.15, 0.2) is 36.7 Å². The van der Waals surface area contributed by atoms with Crippen molar-refractivity contribution in [2.45, 2.75) is 19.9 Å². The number of anilines is 1. The predicted molar refractivity (Wildman–Crippen MR) is 72.7 cm³/mol. The van der Waals surface area contributed by atoms with Crippen LogP contribution in [0.4, 0.5) is 5.69 Å². The molecule has 1 heterocycles. The van der Waals surface area contributed by atoms with Crippen LogP contribution in [0.2, 0.25) is 0 Å². The van der Waals surface area contributed by atoms with Gasteiger partial charge in [-0.25, -0.2) is 4.79 Å². The Morgan fingerprint density at radius 3 is 2.95 bits per heavy atom. The molecule has 5 heteroatoms. The van der Waals surface area contributed by atoms with Crippen LogP contribution in [-0.2, 0) is 17.7 Å². The van der Waals surface area contributed by atoms with Crippen molar-refractivity contribution in [3.63, 3.8) is 0 Å². The number of nitrogens with zero attached hydrogens (tertiary/aromatic N) is 2. The molecule has 0 unspecified atom stereocenters. The molecule has 0 bridgehead atoms. The molecular weight excluding hydrogens is 242 g/mol. The lowest BCUT2D eigenvalue weighted by Gasteiger charge is -2.05. The van der Waals surface area contributed by atoms with Gasteiger partial charge in [-0.2, -0.15) is 5.10 Å². The van der Waals surface area contributed by atoms with Gasteiger partial charge in [0.25, 0.3) is 0 Å². The van der Waals surface area contributed by atoms with Gasteiger partial charge in [-0.1, -0.05) is 18.2 Å². The van der Waals surface area contributed by atoms with E-state index in [-0.39, 0.29) is 5.97 Å². The second-order valence-corrected chi connectivity index (χ2v) is 4.16. The first-order valence-corrected chi connectivity index (χ1v) is 6.23. The number of ether oxygens (including phenoxy) is 1. The minimum absolute atomic E-state index is 0.340. The average molecular weight is 259 g/mol. The van der Waals surface area contributed by atoms with E-state index in [1.165, 1.54) is 6.20 Å². The summed E-state index contributed by atoms with van der Waals surface area (Å²) in [6.45, 7) is 2.82. The maximum atomic E-state index is 11.5. The van der Waals surface area contributed by atoms with E-state index in [2.05, 4.69) is 5.10 Å². The third-order valence-corrected chi connectivity index (χ3v) is 2.81. The van der Waals surface area contributed by atoms with E-state index in [1.807, 2.05) is 24.3 Å². The highest BCUT2D eigenvalue weighted by molar-refractivity contribution is 5.88. The zero-order valence-electron chi connectivity index (χ0n) is 10.9. The molecule has 2 N–H and O–H groups in total. The third kappa shape index (κ3) is 3.34. The van der Waals surface area contributed by atoms with Crippen LogP contribution in [0.3, 0.4) is 0 Å². The van der Waals surface area contributed by atoms with Gasteiger partial charge in [0.15, 0.2) is 0 Å². The maximum absolute atomic E-state index is 11.5. The first kappa shape index (κ1) is 13.1. The maximum Gasteiger partial charge on any atom is 0.341 e. The fourth-order valence-electron chi connectivity index (χ4n) is 1.80. The van der Waals surface area contributed by atoms with Crippen molar-refractivity contribution in [3.05, 3.63) is 47.8 Å². The van der Waals surface area contributed by atoms with E-state index < -0.39 is 0 Å². The molecule has 2 aromatic rings. The molecule has 0 atom stereocenters. The van der Waals surface area contributed by atoms with Crippen molar-refractivity contribution in [2.75, 3.05) is 12.3 Å². The Morgan fingerprint density at radius 1 is 1.42 bits per heavy atom. The molecule has 0 radical (unpaired) electrons. The fraction of sp³-hybridized carbons (Fsp3) is 0.286. The van der Waals surface area contributed by atoms with Crippen LogP contribution < -0.4 is 5.73 Å². The number of carbonyl (C=O) groups excluding carboxylic acids is 1. The average Bonchev–Trinajstić information content (AvgIpc) is 2.87. The first-order valence-electron chi connectivity index (χ1n) is 6.23. The molecule has 0 aliphatic carbocycles. The van der Waals surface area contributed by atoms with Crippen LogP contribution in [0.25, 0.3) is 0 Å². The van der Waals surface area contributed by atoms with Crippen molar-refractivity contribution < 1.29 is 9.53 Å². The van der Waals surface area contributed by atoms with E-state index >= 15 is 0 Å². The number of benzene rings is 1. The lowest BCUT2D eigenvalue weighted by molar-refractivity contribution is 0.0526. The summed E-state index contributed by atoms with van der Waals surface area (Å²) in [7, 11) is 0. The fourth-order valence-corrected chi connectivity index (χ4v) is 1.80. The Bertz CT molecular complexity index is 563. The monoisotopic (exact) mass is 259 g/mol. The summed E-state index contributed by atoms with van der Waals surface area (Å²) in [6.07, 6.45) is 3.99. The molecule has 1 aromatic heterocycles. The number of carbonyl (C=O) groups is 1. The number of aromatic nitrogens is 2. The van der Waals surface area contributed by atoms with Gasteiger partial charge in [-0.15, -0.1) is 0 Å². The molecule has 0 aliphatic heterocycles. The summed E-state index contributed by atoms with van der Waals surface area (Å²) in [4.78, 5) is 11.5. The number of aryl methyl sites for hydroxylation is 2. The van der Waals surface area contributed by atoms with Crippen LogP contribution in [0, 0.1) is 0 Å². The Hall–Kier alpha value is -2.30. The van der Waals surface area contributed by atoms with Gasteiger partial charge in [0, 0.05) is 18.4 Å². The Labute approximate surface area is 112 Å². The Morgan fingerprint density at radius 2 is 2.21 bits per heavy atom. The minimum Gasteiger partial charge on any atom is -0.462 e. The molecule has 0 fully saturated rings. The summed E-state index contributed by atoms with van der Waals surface area (Å²) < 4.78 is 6.63. The summed E-state index contributed by atoms with van der Waals surface area (Å²) in [5.74, 6) is -0.340. The molecule has 0 spiro atoms. The van der Waals surface area contributed by atoms with E-state index in [1.54, 1.807) is 17.8 Å². The molecule has 1 aromatic carbocycles. The van der Waals surface area contributed by atoms with Gasteiger partial charge in [0.2, 0.25) is 0 Å². The van der Waals surface area contributed by atoms with Gasteiger partial charge in [0.05, 0.1) is 18.4 Å². The van der Waals surface area contributed by atoms with Crippen molar-refractivity contribution in [1.29, 1.82) is 0 Å². The van der Waals surface area contributed by atoms with Gasteiger partial charge in [-0.3, -0.25) is 4.68 Å². The van der Waals surface area contributed by atoms with E-state index in [9.17, 15) is 4.79 Å². The molecule has 0 amide bonds. The Balaban J connectivity index is 1.97. The number of hydrogen-bond acceptors (Lipinski definition) is 4. The van der Waals surface area contributed by atoms with E-state index in [4.69, 9.17) is 10.5 Å². The summed E-state index contributed by atoms with van der Waals surface area (Å²) in [5.41, 5.74) is 8.21. The minimum atomic E-state index is -0.340. The summed E-state index contributed by atoms with van der Waals surface area (Å²) >= 11 is 0. The first-order chi connectivity index (χ1) is 9.20. The Kier molecular flexibility index (Phi) is 4.18. The SMILES string of the molecule is CCOC(=O)c1cnn(CCc2ccccc2N)c1. The van der Waals surface area contributed by atoms with Crippen LogP contribution in [-0.4, -0.2) is 22.4 Å². The number of nitrogens with two attached hydrogens (primary N) is 1. The lowest BCUT2D eigenvalue weighted by atomic mass is 10.1. The zero-order valence-corrected chi connectivity index (χ0v) is 10.9. The smallest absolute Gasteiger partial charge is 0.341 e. The van der Waals surface area contributed by atoms with Gasteiger partial charge >= 0.3 is 5.97 Å². The number of nitrogen functional groups attached to an aromatic ring is 1. The molecule has 0 aliphatic rings. The van der Waals surface area contributed by atoms with Crippen molar-refractivity contribution >= 4 is 11.7 Å². The van der Waals surface area contributed by atoms with E-state index in [0.717, 1.165) is 17.7 Å². The van der Waals surface area contributed by atoms with E-state index in [0.29, 0.717) is 18.7 Å². The number of para-hydroxylation sites is 1. The highest BCUT2D eigenvalue weighted by Crippen LogP contribution is 2.12. The molecule has 2 rings (SSSR count). The topological polar surface area (TPSA) is 70.1 Å². The second kappa shape index (κ2) is 6.04. The molecule has 0 saturated heterocycles. The van der Waals surface area contributed by atoms with Crippen molar-refractivity contribution in [1.82, 2.24) is 9.78 Å². The normalized spacial score (nSPS) is 10.4. The van der Waals surface area contributed by atoms with Crippen LogP contribution in [0.1, 0.15) is 22.8 Å². The predicted octanol–water partition coefficient (Wildman–Crippen LogP) is 1.88. The lowest BCUT2D eigenvalue weighted by Crippen LogP contribution is -2.05. The molecule has 0 saturated carbocycles. The van der Waals surface area contributed by atoms with Crippen molar-refractivity contribution in [3.8, 4) is 0 Å². The second-order valence-electron chi connectivity index (χ2n) is 4.16. The number of esters is 1. The summed E-state index contributed by atoms with van der Waals surface area (Å²) in [5, 5.41) is 4.14.